The average Bonchev–Trinajstić information content (AvgIpc) is 2.42. The Morgan fingerprint density at radius 3 is 2.60 bits per heavy atom. The molecule has 1 amide bonds. The number of likely N-dealkylation sites (tertiary alicyclic amines) is 1. The number of aliphatic hydroxyl groups is 1. The van der Waals surface area contributed by atoms with E-state index in [9.17, 15) is 9.90 Å². The lowest BCUT2D eigenvalue weighted by Gasteiger charge is -2.31. The summed E-state index contributed by atoms with van der Waals surface area (Å²) < 4.78 is 5.79. The molecule has 20 heavy (non-hydrogen) atoms. The number of benzene rings is 1. The van der Waals surface area contributed by atoms with E-state index in [1.54, 1.807) is 11.8 Å². The first kappa shape index (κ1) is 14.9. The van der Waals surface area contributed by atoms with Crippen molar-refractivity contribution in [1.82, 2.24) is 4.90 Å². The molecule has 0 bridgehead atoms. The van der Waals surface area contributed by atoms with Crippen LogP contribution in [-0.4, -0.2) is 41.2 Å². The Morgan fingerprint density at radius 1 is 1.35 bits per heavy atom. The van der Waals surface area contributed by atoms with E-state index >= 15 is 0 Å². The minimum absolute atomic E-state index is 0.00289. The predicted octanol–water partition coefficient (Wildman–Crippen LogP) is 2.05. The van der Waals surface area contributed by atoms with Crippen LogP contribution in [0.25, 0.3) is 0 Å². The third-order valence-corrected chi connectivity index (χ3v) is 3.76. The molecule has 0 saturated carbocycles. The first-order valence-corrected chi connectivity index (χ1v) is 7.18. The number of piperidine rings is 1. The van der Waals surface area contributed by atoms with Crippen molar-refractivity contribution in [2.45, 2.75) is 45.8 Å². The largest absolute Gasteiger partial charge is 0.481 e. The van der Waals surface area contributed by atoms with Crippen LogP contribution in [0, 0.1) is 13.8 Å². The maximum absolute atomic E-state index is 12.3. The van der Waals surface area contributed by atoms with Crippen molar-refractivity contribution in [3.63, 3.8) is 0 Å². The molecule has 1 aliphatic heterocycles. The number of amides is 1. The Hall–Kier alpha value is -1.55. The van der Waals surface area contributed by atoms with E-state index in [4.69, 9.17) is 4.74 Å². The number of hydrogen-bond donors (Lipinski definition) is 1. The number of aryl methyl sites for hydroxylation is 2. The van der Waals surface area contributed by atoms with E-state index in [-0.39, 0.29) is 12.0 Å². The quantitative estimate of drug-likeness (QED) is 0.920. The fourth-order valence-corrected chi connectivity index (χ4v) is 2.52. The summed E-state index contributed by atoms with van der Waals surface area (Å²) in [5.74, 6) is 0.755. The summed E-state index contributed by atoms with van der Waals surface area (Å²) in [6.07, 6.45) is 0.547. The van der Waals surface area contributed by atoms with Crippen molar-refractivity contribution in [2.24, 2.45) is 0 Å². The topological polar surface area (TPSA) is 49.8 Å². The Labute approximate surface area is 120 Å². The molecule has 1 atom stereocenters. The number of carbonyl (C=O) groups excluding carboxylic acids is 1. The van der Waals surface area contributed by atoms with E-state index in [1.165, 1.54) is 5.56 Å². The molecule has 0 radical (unpaired) electrons. The van der Waals surface area contributed by atoms with Gasteiger partial charge >= 0.3 is 0 Å². The van der Waals surface area contributed by atoms with Gasteiger partial charge in [-0.1, -0.05) is 17.7 Å². The molecule has 1 aromatic rings. The standard InChI is InChI=1S/C16H23NO3/c1-11-4-5-15(12(2)10-11)20-13(3)16(19)17-8-6-14(18)7-9-17/h4-5,10,13-14,18H,6-9H2,1-3H3. The fraction of sp³-hybridized carbons (Fsp3) is 0.562. The molecule has 1 fully saturated rings. The molecule has 0 aromatic heterocycles. The van der Waals surface area contributed by atoms with Gasteiger partial charge in [-0.25, -0.2) is 0 Å². The average molecular weight is 277 g/mol. The molecular weight excluding hydrogens is 254 g/mol. The summed E-state index contributed by atoms with van der Waals surface area (Å²) in [4.78, 5) is 14.1. The summed E-state index contributed by atoms with van der Waals surface area (Å²) in [6, 6.07) is 5.94. The minimum Gasteiger partial charge on any atom is -0.481 e. The van der Waals surface area contributed by atoms with Crippen molar-refractivity contribution in [2.75, 3.05) is 13.1 Å². The second-order valence-corrected chi connectivity index (χ2v) is 5.59. The summed E-state index contributed by atoms with van der Waals surface area (Å²) in [7, 11) is 0. The highest BCUT2D eigenvalue weighted by molar-refractivity contribution is 5.81. The van der Waals surface area contributed by atoms with Gasteiger partial charge in [-0.3, -0.25) is 4.79 Å². The SMILES string of the molecule is Cc1ccc(OC(C)C(=O)N2CCC(O)CC2)c(C)c1. The van der Waals surface area contributed by atoms with Gasteiger partial charge in [0.05, 0.1) is 6.10 Å². The molecule has 1 heterocycles. The van der Waals surface area contributed by atoms with E-state index in [1.807, 2.05) is 32.0 Å². The Morgan fingerprint density at radius 2 is 2.00 bits per heavy atom. The van der Waals surface area contributed by atoms with Crippen LogP contribution in [0.3, 0.4) is 0 Å². The van der Waals surface area contributed by atoms with Crippen molar-refractivity contribution in [3.05, 3.63) is 29.3 Å². The second kappa shape index (κ2) is 6.27. The maximum Gasteiger partial charge on any atom is 0.263 e. The summed E-state index contributed by atoms with van der Waals surface area (Å²) >= 11 is 0. The zero-order valence-electron chi connectivity index (χ0n) is 12.4. The van der Waals surface area contributed by atoms with Gasteiger partial charge in [-0.15, -0.1) is 0 Å². The lowest BCUT2D eigenvalue weighted by atomic mass is 10.1. The number of carbonyl (C=O) groups is 1. The van der Waals surface area contributed by atoms with Gasteiger partial charge in [0.15, 0.2) is 6.10 Å². The van der Waals surface area contributed by atoms with Gasteiger partial charge in [0.25, 0.3) is 5.91 Å². The van der Waals surface area contributed by atoms with Gasteiger partial charge in [0.2, 0.25) is 0 Å². The molecule has 0 aliphatic carbocycles. The smallest absolute Gasteiger partial charge is 0.263 e. The molecule has 2 rings (SSSR count). The summed E-state index contributed by atoms with van der Waals surface area (Å²) in [6.45, 7) is 7.02. The molecular formula is C16H23NO3. The molecule has 1 aromatic carbocycles. The van der Waals surface area contributed by atoms with Crippen molar-refractivity contribution in [3.8, 4) is 5.75 Å². The van der Waals surface area contributed by atoms with Crippen LogP contribution in [0.5, 0.6) is 5.75 Å². The van der Waals surface area contributed by atoms with Crippen molar-refractivity contribution >= 4 is 5.91 Å². The summed E-state index contributed by atoms with van der Waals surface area (Å²) in [5, 5.41) is 9.48. The predicted molar refractivity (Wildman–Crippen MR) is 77.8 cm³/mol. The molecule has 1 saturated heterocycles. The van der Waals surface area contributed by atoms with Crippen LogP contribution in [0.1, 0.15) is 30.9 Å². The highest BCUT2D eigenvalue weighted by atomic mass is 16.5. The minimum atomic E-state index is -0.494. The van der Waals surface area contributed by atoms with Gasteiger partial charge in [0.1, 0.15) is 5.75 Å². The zero-order chi connectivity index (χ0) is 14.7. The molecule has 4 nitrogen and oxygen atoms in total. The number of hydrogen-bond acceptors (Lipinski definition) is 3. The fourth-order valence-electron chi connectivity index (χ4n) is 2.52. The van der Waals surface area contributed by atoms with Crippen molar-refractivity contribution < 1.29 is 14.6 Å². The van der Waals surface area contributed by atoms with Gasteiger partial charge in [0, 0.05) is 13.1 Å². The highest BCUT2D eigenvalue weighted by Crippen LogP contribution is 2.21. The van der Waals surface area contributed by atoms with Crippen LogP contribution >= 0.6 is 0 Å². The normalized spacial score (nSPS) is 17.9. The number of aliphatic hydroxyl groups excluding tert-OH is 1. The molecule has 1 aliphatic rings. The molecule has 1 unspecified atom stereocenters. The maximum atomic E-state index is 12.3. The zero-order valence-corrected chi connectivity index (χ0v) is 12.4. The second-order valence-electron chi connectivity index (χ2n) is 5.59. The number of nitrogens with zero attached hydrogens (tertiary/aromatic N) is 1. The number of rotatable bonds is 3. The van der Waals surface area contributed by atoms with E-state index < -0.39 is 6.10 Å². The van der Waals surface area contributed by atoms with Gasteiger partial charge in [-0.2, -0.15) is 0 Å². The van der Waals surface area contributed by atoms with E-state index in [2.05, 4.69) is 0 Å². The molecule has 1 N–H and O–H groups in total. The van der Waals surface area contributed by atoms with Crippen molar-refractivity contribution in [1.29, 1.82) is 0 Å². The van der Waals surface area contributed by atoms with Crippen LogP contribution in [0.2, 0.25) is 0 Å². The Balaban J connectivity index is 1.97. The van der Waals surface area contributed by atoms with Crippen LogP contribution in [-0.2, 0) is 4.79 Å². The molecule has 110 valence electrons. The third-order valence-electron chi connectivity index (χ3n) is 3.76. The molecule has 4 heteroatoms. The third kappa shape index (κ3) is 3.51. The molecule has 0 spiro atoms. The highest BCUT2D eigenvalue weighted by Gasteiger charge is 2.26. The van der Waals surface area contributed by atoms with E-state index in [0.29, 0.717) is 25.9 Å². The Kier molecular flexibility index (Phi) is 4.65. The van der Waals surface area contributed by atoms with Crippen LogP contribution in [0.15, 0.2) is 18.2 Å². The lowest BCUT2D eigenvalue weighted by Crippen LogP contribution is -2.45. The van der Waals surface area contributed by atoms with Crippen LogP contribution in [0.4, 0.5) is 0 Å². The first-order valence-electron chi connectivity index (χ1n) is 7.18. The lowest BCUT2D eigenvalue weighted by molar-refractivity contribution is -0.139. The van der Waals surface area contributed by atoms with E-state index in [0.717, 1.165) is 11.3 Å². The van der Waals surface area contributed by atoms with Gasteiger partial charge < -0.3 is 14.7 Å². The van der Waals surface area contributed by atoms with Gasteiger partial charge in [-0.05, 0) is 45.2 Å². The first-order chi connectivity index (χ1) is 9.47. The summed E-state index contributed by atoms with van der Waals surface area (Å²) in [5.41, 5.74) is 2.22. The monoisotopic (exact) mass is 277 g/mol. The number of ether oxygens (including phenoxy) is 1. The van der Waals surface area contributed by atoms with Crippen LogP contribution < -0.4 is 4.74 Å². The Bertz CT molecular complexity index is 479.